The predicted octanol–water partition coefficient (Wildman–Crippen LogP) is 3.20. The summed E-state index contributed by atoms with van der Waals surface area (Å²) in [6.45, 7) is 2.55. The number of fused-ring (bicyclic) bond motifs is 1. The van der Waals surface area contributed by atoms with Crippen molar-refractivity contribution in [2.24, 2.45) is 0 Å². The van der Waals surface area contributed by atoms with E-state index in [1.54, 1.807) is 10.9 Å². The lowest BCUT2D eigenvalue weighted by Gasteiger charge is -2.03. The van der Waals surface area contributed by atoms with Crippen LogP contribution in [0.2, 0.25) is 5.28 Å². The van der Waals surface area contributed by atoms with E-state index in [0.717, 1.165) is 22.2 Å². The quantitative estimate of drug-likeness (QED) is 0.688. The summed E-state index contributed by atoms with van der Waals surface area (Å²) in [7, 11) is 0. The summed E-state index contributed by atoms with van der Waals surface area (Å²) in [5.41, 5.74) is 2.78. The van der Waals surface area contributed by atoms with Crippen LogP contribution in [0.4, 0.5) is 0 Å². The molecule has 0 bridgehead atoms. The third-order valence-electron chi connectivity index (χ3n) is 2.85. The molecular formula is C14H12ClN3O. The lowest BCUT2D eigenvalue weighted by Crippen LogP contribution is -2.08. The topological polar surface area (TPSA) is 39.9 Å². The summed E-state index contributed by atoms with van der Waals surface area (Å²) < 4.78 is 1.76. The van der Waals surface area contributed by atoms with Crippen LogP contribution in [0.5, 0.6) is 0 Å². The second-order valence-corrected chi connectivity index (χ2v) is 4.35. The molecule has 0 amide bonds. The van der Waals surface area contributed by atoms with Crippen LogP contribution < -0.4 is 4.84 Å². The molecule has 0 radical (unpaired) electrons. The normalized spacial score (nSPS) is 10.8. The highest BCUT2D eigenvalue weighted by Crippen LogP contribution is 2.29. The van der Waals surface area contributed by atoms with Gasteiger partial charge in [0, 0.05) is 17.1 Å². The molecule has 3 aromatic rings. The van der Waals surface area contributed by atoms with E-state index in [9.17, 15) is 0 Å². The van der Waals surface area contributed by atoms with Crippen LogP contribution in [0.15, 0.2) is 42.7 Å². The van der Waals surface area contributed by atoms with E-state index in [1.807, 2.05) is 43.5 Å². The van der Waals surface area contributed by atoms with Crippen molar-refractivity contribution < 1.29 is 4.84 Å². The Bertz CT molecular complexity index is 724. The van der Waals surface area contributed by atoms with Gasteiger partial charge in [0.05, 0.1) is 17.4 Å². The standard InChI is InChI=1S/C14H12ClN3O/c1-2-19-18-9-11(10-5-3-4-6-13(10)18)12-7-8-16-14(15)17-12/h3-9H,2H2,1H3. The van der Waals surface area contributed by atoms with E-state index in [1.165, 1.54) is 0 Å². The van der Waals surface area contributed by atoms with Gasteiger partial charge in [-0.1, -0.05) is 18.2 Å². The molecule has 0 aliphatic heterocycles. The largest absolute Gasteiger partial charge is 0.414 e. The second-order valence-electron chi connectivity index (χ2n) is 4.01. The fourth-order valence-electron chi connectivity index (χ4n) is 2.08. The first-order valence-corrected chi connectivity index (χ1v) is 6.39. The van der Waals surface area contributed by atoms with Gasteiger partial charge in [-0.15, -0.1) is 0 Å². The molecule has 0 aliphatic rings. The molecular weight excluding hydrogens is 262 g/mol. The van der Waals surface area contributed by atoms with Gasteiger partial charge in [-0.3, -0.25) is 0 Å². The van der Waals surface area contributed by atoms with E-state index in [-0.39, 0.29) is 5.28 Å². The van der Waals surface area contributed by atoms with Gasteiger partial charge in [0.15, 0.2) is 0 Å². The van der Waals surface area contributed by atoms with Crippen molar-refractivity contribution >= 4 is 22.5 Å². The van der Waals surface area contributed by atoms with Crippen LogP contribution in [-0.2, 0) is 0 Å². The maximum absolute atomic E-state index is 5.85. The van der Waals surface area contributed by atoms with Gasteiger partial charge in [-0.05, 0) is 30.7 Å². The van der Waals surface area contributed by atoms with Crippen LogP contribution in [0.3, 0.4) is 0 Å². The highest BCUT2D eigenvalue weighted by atomic mass is 35.5. The maximum Gasteiger partial charge on any atom is 0.222 e. The third kappa shape index (κ3) is 2.15. The maximum atomic E-state index is 5.85. The van der Waals surface area contributed by atoms with Crippen molar-refractivity contribution in [2.75, 3.05) is 6.61 Å². The van der Waals surface area contributed by atoms with E-state index in [4.69, 9.17) is 16.4 Å². The van der Waals surface area contributed by atoms with Gasteiger partial charge in [-0.25, -0.2) is 9.97 Å². The number of para-hydroxylation sites is 1. The monoisotopic (exact) mass is 273 g/mol. The molecule has 0 fully saturated rings. The fraction of sp³-hybridized carbons (Fsp3) is 0.143. The van der Waals surface area contributed by atoms with Crippen molar-refractivity contribution in [3.63, 3.8) is 0 Å². The Labute approximate surface area is 115 Å². The molecule has 0 unspecified atom stereocenters. The number of hydrogen-bond donors (Lipinski definition) is 0. The van der Waals surface area contributed by atoms with Crippen molar-refractivity contribution in [1.82, 2.24) is 14.7 Å². The van der Waals surface area contributed by atoms with Gasteiger partial charge < -0.3 is 4.84 Å². The molecule has 5 heteroatoms. The summed E-state index contributed by atoms with van der Waals surface area (Å²) in [6, 6.07) is 9.86. The molecule has 96 valence electrons. The zero-order valence-corrected chi connectivity index (χ0v) is 11.1. The van der Waals surface area contributed by atoms with Gasteiger partial charge in [-0.2, -0.15) is 4.73 Å². The van der Waals surface area contributed by atoms with Crippen molar-refractivity contribution in [2.45, 2.75) is 6.92 Å². The Morgan fingerprint density at radius 3 is 2.89 bits per heavy atom. The van der Waals surface area contributed by atoms with E-state index in [2.05, 4.69) is 9.97 Å². The molecule has 0 atom stereocenters. The second kappa shape index (κ2) is 4.90. The van der Waals surface area contributed by atoms with Crippen LogP contribution in [0, 0.1) is 0 Å². The Kier molecular flexibility index (Phi) is 3.09. The number of hydrogen-bond acceptors (Lipinski definition) is 3. The Hall–Kier alpha value is -2.07. The first-order chi connectivity index (χ1) is 9.29. The first kappa shape index (κ1) is 12.0. The van der Waals surface area contributed by atoms with E-state index >= 15 is 0 Å². The molecule has 3 rings (SSSR count). The summed E-state index contributed by atoms with van der Waals surface area (Å²) in [5.74, 6) is 0. The van der Waals surface area contributed by atoms with Gasteiger partial charge in [0.2, 0.25) is 5.28 Å². The molecule has 4 nitrogen and oxygen atoms in total. The zero-order valence-electron chi connectivity index (χ0n) is 10.4. The lowest BCUT2D eigenvalue weighted by molar-refractivity contribution is 0.132. The summed E-state index contributed by atoms with van der Waals surface area (Å²) in [6.07, 6.45) is 3.57. The average Bonchev–Trinajstić information content (AvgIpc) is 2.79. The molecule has 0 saturated heterocycles. The van der Waals surface area contributed by atoms with Crippen molar-refractivity contribution in [3.8, 4) is 11.3 Å². The molecule has 19 heavy (non-hydrogen) atoms. The minimum atomic E-state index is 0.241. The number of benzene rings is 1. The molecule has 0 aliphatic carbocycles. The van der Waals surface area contributed by atoms with E-state index < -0.39 is 0 Å². The third-order valence-corrected chi connectivity index (χ3v) is 3.03. The van der Waals surface area contributed by atoms with Gasteiger partial charge in [0.1, 0.15) is 6.61 Å². The van der Waals surface area contributed by atoms with E-state index in [0.29, 0.717) is 6.61 Å². The van der Waals surface area contributed by atoms with Crippen LogP contribution in [0.25, 0.3) is 22.2 Å². The SMILES string of the molecule is CCOn1cc(-c2ccnc(Cl)n2)c2ccccc21. The lowest BCUT2D eigenvalue weighted by atomic mass is 10.1. The molecule has 0 N–H and O–H groups in total. The first-order valence-electron chi connectivity index (χ1n) is 6.02. The Morgan fingerprint density at radius 1 is 1.26 bits per heavy atom. The zero-order chi connectivity index (χ0) is 13.2. The number of halogens is 1. The van der Waals surface area contributed by atoms with Crippen LogP contribution in [-0.4, -0.2) is 21.3 Å². The average molecular weight is 274 g/mol. The predicted molar refractivity (Wildman–Crippen MR) is 75.1 cm³/mol. The minimum absolute atomic E-state index is 0.241. The molecule has 0 saturated carbocycles. The van der Waals surface area contributed by atoms with Crippen LogP contribution in [0.1, 0.15) is 6.92 Å². The smallest absolute Gasteiger partial charge is 0.222 e. The number of rotatable bonds is 3. The molecule has 2 heterocycles. The van der Waals surface area contributed by atoms with Crippen molar-refractivity contribution in [1.29, 1.82) is 0 Å². The van der Waals surface area contributed by atoms with Gasteiger partial charge in [0.25, 0.3) is 0 Å². The highest BCUT2D eigenvalue weighted by molar-refractivity contribution is 6.28. The Morgan fingerprint density at radius 2 is 2.11 bits per heavy atom. The van der Waals surface area contributed by atoms with Gasteiger partial charge >= 0.3 is 0 Å². The van der Waals surface area contributed by atoms with Crippen molar-refractivity contribution in [3.05, 3.63) is 48.0 Å². The van der Waals surface area contributed by atoms with Crippen LogP contribution >= 0.6 is 11.6 Å². The Balaban J connectivity index is 2.23. The highest BCUT2D eigenvalue weighted by Gasteiger charge is 2.11. The number of aromatic nitrogens is 3. The fourth-order valence-corrected chi connectivity index (χ4v) is 2.23. The minimum Gasteiger partial charge on any atom is -0.414 e. The summed E-state index contributed by atoms with van der Waals surface area (Å²) in [4.78, 5) is 13.7. The molecule has 1 aromatic carbocycles. The molecule has 2 aromatic heterocycles. The molecule has 0 spiro atoms. The number of nitrogens with zero attached hydrogens (tertiary/aromatic N) is 3. The summed E-state index contributed by atoms with van der Waals surface area (Å²) in [5, 5.41) is 1.32. The summed E-state index contributed by atoms with van der Waals surface area (Å²) >= 11 is 5.85.